The third-order valence-electron chi connectivity index (χ3n) is 1.94. The molecule has 1 aromatic carbocycles. The zero-order valence-electron chi connectivity index (χ0n) is 7.12. The molecule has 1 aliphatic rings. The van der Waals surface area contributed by atoms with Gasteiger partial charge in [-0.25, -0.2) is 0 Å². The van der Waals surface area contributed by atoms with Gasteiger partial charge in [0.1, 0.15) is 0 Å². The Morgan fingerprint density at radius 3 is 2.92 bits per heavy atom. The number of fused-ring (bicyclic) bond motifs is 1. The van der Waals surface area contributed by atoms with E-state index in [9.17, 15) is 5.11 Å². The third kappa shape index (κ3) is 1.22. The number of hydrogen-bond acceptors (Lipinski definition) is 3. The molecule has 0 fully saturated rings. The van der Waals surface area contributed by atoms with Gasteiger partial charge < -0.3 is 14.6 Å². The number of rotatable bonds is 2. The molecule has 1 heterocycles. The number of benzene rings is 1. The van der Waals surface area contributed by atoms with Gasteiger partial charge in [-0.05, 0) is 12.5 Å². The zero-order chi connectivity index (χ0) is 9.26. The Bertz CT molecular complexity index is 344. The Kier molecular flexibility index (Phi) is 1.85. The maximum atomic E-state index is 9.39. The molecule has 0 spiro atoms. The number of phenolic OH excluding ortho intramolecular Hbond substituents is 1. The van der Waals surface area contributed by atoms with Crippen LogP contribution in [-0.4, -0.2) is 11.9 Å². The van der Waals surface area contributed by atoms with Crippen LogP contribution in [0.25, 0.3) is 0 Å². The summed E-state index contributed by atoms with van der Waals surface area (Å²) in [6, 6.07) is 3.41. The average molecular weight is 178 g/mol. The molecule has 0 saturated heterocycles. The maximum absolute atomic E-state index is 9.39. The molecule has 1 N–H and O–H groups in total. The molecular weight excluding hydrogens is 168 g/mol. The first kappa shape index (κ1) is 7.98. The molecule has 1 aromatic rings. The predicted molar refractivity (Wildman–Crippen MR) is 48.1 cm³/mol. The van der Waals surface area contributed by atoms with Gasteiger partial charge in [0.15, 0.2) is 11.5 Å². The van der Waals surface area contributed by atoms with Crippen molar-refractivity contribution in [1.82, 2.24) is 0 Å². The van der Waals surface area contributed by atoms with Gasteiger partial charge in [-0.3, -0.25) is 0 Å². The van der Waals surface area contributed by atoms with Gasteiger partial charge in [0.25, 0.3) is 0 Å². The largest absolute Gasteiger partial charge is 0.504 e. The summed E-state index contributed by atoms with van der Waals surface area (Å²) in [6.07, 6.45) is 2.50. The van der Waals surface area contributed by atoms with Gasteiger partial charge >= 0.3 is 0 Å². The highest BCUT2D eigenvalue weighted by molar-refractivity contribution is 5.56. The van der Waals surface area contributed by atoms with Crippen molar-refractivity contribution in [2.45, 2.75) is 6.42 Å². The lowest BCUT2D eigenvalue weighted by molar-refractivity contribution is 0.171. The van der Waals surface area contributed by atoms with Crippen LogP contribution in [0.2, 0.25) is 0 Å². The summed E-state index contributed by atoms with van der Waals surface area (Å²) in [5, 5.41) is 9.39. The predicted octanol–water partition coefficient (Wildman–Crippen LogP) is 1.85. The van der Waals surface area contributed by atoms with E-state index in [0.29, 0.717) is 17.9 Å². The summed E-state index contributed by atoms with van der Waals surface area (Å²) < 4.78 is 10.3. The first-order valence-electron chi connectivity index (χ1n) is 4.04. The number of aromatic hydroxyl groups is 1. The molecule has 2 rings (SSSR count). The van der Waals surface area contributed by atoms with Crippen molar-refractivity contribution in [3.8, 4) is 17.2 Å². The van der Waals surface area contributed by atoms with E-state index in [4.69, 9.17) is 9.47 Å². The van der Waals surface area contributed by atoms with Gasteiger partial charge in [0.05, 0.1) is 0 Å². The maximum Gasteiger partial charge on any atom is 0.231 e. The van der Waals surface area contributed by atoms with E-state index in [0.717, 1.165) is 5.56 Å². The van der Waals surface area contributed by atoms with Crippen molar-refractivity contribution in [2.75, 3.05) is 6.79 Å². The molecule has 0 saturated carbocycles. The molecule has 1 aliphatic heterocycles. The highest BCUT2D eigenvalue weighted by atomic mass is 16.7. The molecule has 13 heavy (non-hydrogen) atoms. The van der Waals surface area contributed by atoms with Crippen molar-refractivity contribution in [2.24, 2.45) is 0 Å². The highest BCUT2D eigenvalue weighted by Crippen LogP contribution is 2.42. The minimum absolute atomic E-state index is 0.125. The molecule has 3 nitrogen and oxygen atoms in total. The fraction of sp³-hybridized carbons (Fsp3) is 0.200. The molecule has 0 bridgehead atoms. The van der Waals surface area contributed by atoms with Crippen LogP contribution in [0.4, 0.5) is 0 Å². The van der Waals surface area contributed by atoms with E-state index in [1.165, 1.54) is 0 Å². The lowest BCUT2D eigenvalue weighted by Gasteiger charge is -2.03. The van der Waals surface area contributed by atoms with Crippen LogP contribution >= 0.6 is 0 Å². The molecule has 3 heteroatoms. The smallest absolute Gasteiger partial charge is 0.231 e. The van der Waals surface area contributed by atoms with Gasteiger partial charge in [-0.2, -0.15) is 0 Å². The van der Waals surface area contributed by atoms with E-state index in [-0.39, 0.29) is 12.5 Å². The van der Waals surface area contributed by atoms with Gasteiger partial charge in [-0.15, -0.1) is 6.58 Å². The van der Waals surface area contributed by atoms with Crippen LogP contribution < -0.4 is 9.47 Å². The fourth-order valence-corrected chi connectivity index (χ4v) is 1.35. The second-order valence-corrected chi connectivity index (χ2v) is 2.80. The lowest BCUT2D eigenvalue weighted by atomic mass is 10.1. The van der Waals surface area contributed by atoms with E-state index >= 15 is 0 Å². The Labute approximate surface area is 76.2 Å². The number of allylic oxidation sites excluding steroid dienone is 1. The van der Waals surface area contributed by atoms with Crippen LogP contribution in [0.1, 0.15) is 5.56 Å². The molecule has 0 atom stereocenters. The molecule has 0 aromatic heterocycles. The van der Waals surface area contributed by atoms with Crippen molar-refractivity contribution in [1.29, 1.82) is 0 Å². The Hall–Kier alpha value is -1.64. The van der Waals surface area contributed by atoms with E-state index in [1.807, 2.05) is 6.07 Å². The van der Waals surface area contributed by atoms with Gasteiger partial charge in [-0.1, -0.05) is 12.1 Å². The normalized spacial score (nSPS) is 12.9. The average Bonchev–Trinajstić information content (AvgIpc) is 2.59. The molecular formula is C10H10O3. The van der Waals surface area contributed by atoms with Gasteiger partial charge in [0, 0.05) is 5.56 Å². The quantitative estimate of drug-likeness (QED) is 0.702. The molecule has 68 valence electrons. The van der Waals surface area contributed by atoms with E-state index in [1.54, 1.807) is 12.1 Å². The Morgan fingerprint density at radius 1 is 1.38 bits per heavy atom. The summed E-state index contributed by atoms with van der Waals surface area (Å²) in [5.74, 6) is 1.21. The minimum atomic E-state index is 0.125. The monoisotopic (exact) mass is 178 g/mol. The van der Waals surface area contributed by atoms with Crippen LogP contribution in [0, 0.1) is 0 Å². The Balaban J connectivity index is 2.49. The van der Waals surface area contributed by atoms with Crippen LogP contribution in [-0.2, 0) is 6.42 Å². The number of phenols is 1. The second kappa shape index (κ2) is 3.01. The number of hydrogen-bond donors (Lipinski definition) is 1. The number of ether oxygens (including phenoxy) is 2. The Morgan fingerprint density at radius 2 is 2.15 bits per heavy atom. The summed E-state index contributed by atoms with van der Waals surface area (Å²) in [6.45, 7) is 3.82. The third-order valence-corrected chi connectivity index (χ3v) is 1.94. The van der Waals surface area contributed by atoms with E-state index < -0.39 is 0 Å². The standard InChI is InChI=1S/C10H10O3/c1-2-3-7-4-5-8(11)10-9(7)12-6-13-10/h2,4-5,11H,1,3,6H2. The molecule has 0 radical (unpaired) electrons. The van der Waals surface area contributed by atoms with E-state index in [2.05, 4.69) is 6.58 Å². The summed E-state index contributed by atoms with van der Waals surface area (Å²) in [4.78, 5) is 0. The molecule has 0 aliphatic carbocycles. The molecule has 0 amide bonds. The minimum Gasteiger partial charge on any atom is -0.504 e. The van der Waals surface area contributed by atoms with Crippen molar-refractivity contribution >= 4 is 0 Å². The fourth-order valence-electron chi connectivity index (χ4n) is 1.35. The first-order chi connectivity index (χ1) is 6.33. The lowest BCUT2D eigenvalue weighted by Crippen LogP contribution is -1.94. The summed E-state index contributed by atoms with van der Waals surface area (Å²) >= 11 is 0. The zero-order valence-corrected chi connectivity index (χ0v) is 7.12. The van der Waals surface area contributed by atoms with Crippen LogP contribution in [0.5, 0.6) is 17.2 Å². The van der Waals surface area contributed by atoms with Crippen LogP contribution in [0.3, 0.4) is 0 Å². The second-order valence-electron chi connectivity index (χ2n) is 2.80. The highest BCUT2D eigenvalue weighted by Gasteiger charge is 2.20. The van der Waals surface area contributed by atoms with Gasteiger partial charge in [0.2, 0.25) is 12.5 Å². The summed E-state index contributed by atoms with van der Waals surface area (Å²) in [7, 11) is 0. The topological polar surface area (TPSA) is 38.7 Å². The first-order valence-corrected chi connectivity index (χ1v) is 4.04. The SMILES string of the molecule is C=CCc1ccc(O)c2c1OCO2. The molecule has 0 unspecified atom stereocenters. The van der Waals surface area contributed by atoms with Crippen molar-refractivity contribution in [3.05, 3.63) is 30.4 Å². The van der Waals surface area contributed by atoms with Crippen LogP contribution in [0.15, 0.2) is 24.8 Å². The summed E-state index contributed by atoms with van der Waals surface area (Å²) in [5.41, 5.74) is 0.986. The van der Waals surface area contributed by atoms with Crippen molar-refractivity contribution < 1.29 is 14.6 Å². The van der Waals surface area contributed by atoms with Crippen molar-refractivity contribution in [3.63, 3.8) is 0 Å².